The van der Waals surface area contributed by atoms with Gasteiger partial charge in [-0.15, -0.1) is 0 Å². The van der Waals surface area contributed by atoms with Crippen LogP contribution in [0.1, 0.15) is 36.3 Å². The Morgan fingerprint density at radius 1 is 1.17 bits per heavy atom. The number of urea groups is 1. The summed E-state index contributed by atoms with van der Waals surface area (Å²) in [6.45, 7) is 1.75. The molecule has 0 radical (unpaired) electrons. The molecule has 2 heterocycles. The van der Waals surface area contributed by atoms with Crippen molar-refractivity contribution >= 4 is 6.03 Å². The molecule has 0 unspecified atom stereocenters. The molecule has 2 aromatic rings. The molecule has 2 fully saturated rings. The van der Waals surface area contributed by atoms with Crippen molar-refractivity contribution in [1.82, 2.24) is 10.2 Å². The summed E-state index contributed by atoms with van der Waals surface area (Å²) in [5, 5.41) is 3.18. The lowest BCUT2D eigenvalue weighted by atomic mass is 10.0. The van der Waals surface area contributed by atoms with E-state index >= 15 is 0 Å². The zero-order valence-electron chi connectivity index (χ0n) is 16.6. The maximum absolute atomic E-state index is 12.7. The summed E-state index contributed by atoms with van der Waals surface area (Å²) < 4.78 is 17.6. The molecule has 6 nitrogen and oxygen atoms in total. The fraction of sp³-hybridized carbons (Fsp3) is 0.435. The van der Waals surface area contributed by atoms with Gasteiger partial charge in [0.25, 0.3) is 0 Å². The van der Waals surface area contributed by atoms with Gasteiger partial charge in [-0.05, 0) is 30.2 Å². The minimum atomic E-state index is -0.634. The largest absolute Gasteiger partial charge is 0.497 e. The number of carbonyl (C=O) groups excluding carboxylic acids is 1. The monoisotopic (exact) mass is 394 g/mol. The number of hydrogen-bond donors (Lipinski definition) is 1. The van der Waals surface area contributed by atoms with Gasteiger partial charge in [0.15, 0.2) is 0 Å². The maximum atomic E-state index is 12.7. The number of fused-ring (bicyclic) bond motifs is 1. The van der Waals surface area contributed by atoms with Crippen LogP contribution in [0.5, 0.6) is 11.5 Å². The normalized spacial score (nSPS) is 24.4. The smallest absolute Gasteiger partial charge is 0.317 e. The van der Waals surface area contributed by atoms with Gasteiger partial charge in [-0.25, -0.2) is 4.79 Å². The number of likely N-dealkylation sites (tertiary alicyclic amines) is 1. The molecule has 2 aliphatic heterocycles. The van der Waals surface area contributed by atoms with Crippen LogP contribution in [0.3, 0.4) is 0 Å². The lowest BCUT2D eigenvalue weighted by Crippen LogP contribution is -2.54. The Bertz CT molecular complexity index is 893. The van der Waals surface area contributed by atoms with Crippen molar-refractivity contribution in [2.75, 3.05) is 20.2 Å². The molecule has 152 valence electrons. The zero-order chi connectivity index (χ0) is 19.8. The second-order valence-electron chi connectivity index (χ2n) is 8.07. The van der Waals surface area contributed by atoms with Gasteiger partial charge in [0.2, 0.25) is 5.79 Å². The quantitative estimate of drug-likeness (QED) is 0.863. The highest BCUT2D eigenvalue weighted by Crippen LogP contribution is 2.41. The topological polar surface area (TPSA) is 60.0 Å². The Morgan fingerprint density at radius 2 is 1.97 bits per heavy atom. The Hall–Kier alpha value is -2.73. The summed E-state index contributed by atoms with van der Waals surface area (Å²) in [4.78, 5) is 14.6. The van der Waals surface area contributed by atoms with Crippen LogP contribution in [0.2, 0.25) is 0 Å². The second-order valence-corrected chi connectivity index (χ2v) is 8.07. The van der Waals surface area contributed by atoms with E-state index in [2.05, 4.69) is 29.6 Å². The van der Waals surface area contributed by atoms with Crippen LogP contribution in [-0.2, 0) is 11.3 Å². The highest BCUT2D eigenvalue weighted by atomic mass is 16.7. The average molecular weight is 394 g/mol. The summed E-state index contributed by atoms with van der Waals surface area (Å²) >= 11 is 0. The third-order valence-electron chi connectivity index (χ3n) is 6.19. The Kier molecular flexibility index (Phi) is 4.59. The number of ether oxygens (including phenoxy) is 3. The zero-order valence-corrected chi connectivity index (χ0v) is 16.6. The predicted octanol–water partition coefficient (Wildman–Crippen LogP) is 3.66. The van der Waals surface area contributed by atoms with Crippen molar-refractivity contribution < 1.29 is 19.0 Å². The van der Waals surface area contributed by atoms with Crippen LogP contribution >= 0.6 is 0 Å². The number of nitrogens with one attached hydrogen (secondary N) is 1. The molecule has 1 spiro atoms. The molecule has 0 bridgehead atoms. The second kappa shape index (κ2) is 7.26. The molecule has 1 aliphatic carbocycles. The van der Waals surface area contributed by atoms with Gasteiger partial charge in [-0.2, -0.15) is 0 Å². The number of methoxy groups -OCH3 is 1. The molecule has 5 rings (SSSR count). The average Bonchev–Trinajstić information content (AvgIpc) is 3.53. The third-order valence-corrected chi connectivity index (χ3v) is 6.19. The highest BCUT2D eigenvalue weighted by Gasteiger charge is 2.44. The molecule has 29 heavy (non-hydrogen) atoms. The van der Waals surface area contributed by atoms with E-state index < -0.39 is 5.79 Å². The molecule has 2 amide bonds. The molecule has 2 atom stereocenters. The summed E-state index contributed by atoms with van der Waals surface area (Å²) in [5.41, 5.74) is 2.30. The molecule has 6 heteroatoms. The molecule has 1 saturated carbocycles. The lowest BCUT2D eigenvalue weighted by molar-refractivity contribution is -0.225. The van der Waals surface area contributed by atoms with E-state index in [1.807, 2.05) is 29.2 Å². The fourth-order valence-electron chi connectivity index (χ4n) is 4.30. The SMILES string of the molecule is COc1ccc2c(c1)COC1(CCN(C(=O)N[C@@H]3C[C@H]3c3ccccc3)CC1)O2. The van der Waals surface area contributed by atoms with Gasteiger partial charge in [-0.3, -0.25) is 0 Å². The van der Waals surface area contributed by atoms with E-state index in [0.29, 0.717) is 38.5 Å². The van der Waals surface area contributed by atoms with Crippen molar-refractivity contribution in [3.8, 4) is 11.5 Å². The van der Waals surface area contributed by atoms with Crippen LogP contribution in [0, 0.1) is 0 Å². The van der Waals surface area contributed by atoms with Crippen LogP contribution < -0.4 is 14.8 Å². The first-order valence-corrected chi connectivity index (χ1v) is 10.3. The number of amides is 2. The molecule has 1 saturated heterocycles. The number of benzene rings is 2. The standard InChI is InChI=1S/C23H26N2O4/c1-27-18-7-8-21-17(13-18)15-28-23(29-21)9-11-25(12-10-23)22(26)24-20-14-19(20)16-5-3-2-4-6-16/h2-8,13,19-20H,9-12,14-15H2,1H3,(H,24,26)/t19-,20+/m0/s1. The van der Waals surface area contributed by atoms with E-state index in [1.165, 1.54) is 5.56 Å². The highest BCUT2D eigenvalue weighted by molar-refractivity contribution is 5.75. The number of carbonyl (C=O) groups is 1. The Morgan fingerprint density at radius 3 is 2.72 bits per heavy atom. The molecule has 1 N–H and O–H groups in total. The van der Waals surface area contributed by atoms with Crippen molar-refractivity contribution in [1.29, 1.82) is 0 Å². The van der Waals surface area contributed by atoms with Crippen molar-refractivity contribution in [3.63, 3.8) is 0 Å². The van der Waals surface area contributed by atoms with Gasteiger partial charge in [0.1, 0.15) is 11.5 Å². The summed E-state index contributed by atoms with van der Waals surface area (Å²) in [6, 6.07) is 16.4. The lowest BCUT2D eigenvalue weighted by Gasteiger charge is -2.43. The third kappa shape index (κ3) is 3.65. The number of rotatable bonds is 3. The van der Waals surface area contributed by atoms with Gasteiger partial charge in [-0.1, -0.05) is 30.3 Å². The van der Waals surface area contributed by atoms with Gasteiger partial charge >= 0.3 is 6.03 Å². The summed E-state index contributed by atoms with van der Waals surface area (Å²) in [7, 11) is 1.65. The van der Waals surface area contributed by atoms with Crippen molar-refractivity contribution in [2.45, 2.75) is 43.6 Å². The maximum Gasteiger partial charge on any atom is 0.317 e. The number of piperidine rings is 1. The van der Waals surface area contributed by atoms with Crippen LogP contribution in [0.15, 0.2) is 48.5 Å². The molecule has 0 aromatic heterocycles. The first-order chi connectivity index (χ1) is 14.2. The summed E-state index contributed by atoms with van der Waals surface area (Å²) in [5.74, 6) is 1.45. The molecule has 3 aliphatic rings. The summed E-state index contributed by atoms with van der Waals surface area (Å²) in [6.07, 6.45) is 2.34. The van der Waals surface area contributed by atoms with Crippen LogP contribution in [-0.4, -0.2) is 43.0 Å². The van der Waals surface area contributed by atoms with Gasteiger partial charge in [0.05, 0.1) is 13.7 Å². The minimum absolute atomic E-state index is 0.0178. The van der Waals surface area contributed by atoms with Crippen LogP contribution in [0.25, 0.3) is 0 Å². The molecule has 2 aromatic carbocycles. The van der Waals surface area contributed by atoms with Crippen molar-refractivity contribution in [3.05, 3.63) is 59.7 Å². The first-order valence-electron chi connectivity index (χ1n) is 10.3. The number of hydrogen-bond acceptors (Lipinski definition) is 4. The van der Waals surface area contributed by atoms with E-state index in [-0.39, 0.29) is 12.1 Å². The van der Waals surface area contributed by atoms with E-state index in [9.17, 15) is 4.79 Å². The molecular formula is C23H26N2O4. The van der Waals surface area contributed by atoms with Gasteiger partial charge < -0.3 is 24.4 Å². The van der Waals surface area contributed by atoms with E-state index in [4.69, 9.17) is 14.2 Å². The minimum Gasteiger partial charge on any atom is -0.497 e. The van der Waals surface area contributed by atoms with Gasteiger partial charge in [0, 0.05) is 43.5 Å². The Labute approximate surface area is 170 Å². The number of nitrogens with zero attached hydrogens (tertiary/aromatic N) is 1. The van der Waals surface area contributed by atoms with E-state index in [1.54, 1.807) is 7.11 Å². The Balaban J connectivity index is 1.15. The predicted molar refractivity (Wildman–Crippen MR) is 108 cm³/mol. The van der Waals surface area contributed by atoms with E-state index in [0.717, 1.165) is 23.5 Å². The fourth-order valence-corrected chi connectivity index (χ4v) is 4.30. The molecular weight excluding hydrogens is 368 g/mol. The van der Waals surface area contributed by atoms with Crippen molar-refractivity contribution in [2.24, 2.45) is 0 Å². The first kappa shape index (κ1) is 18.3. The van der Waals surface area contributed by atoms with Crippen LogP contribution in [0.4, 0.5) is 4.79 Å².